The van der Waals surface area contributed by atoms with Crippen LogP contribution in [0.5, 0.6) is 0 Å². The van der Waals surface area contributed by atoms with E-state index in [4.69, 9.17) is 0 Å². The second-order valence-electron chi connectivity index (χ2n) is 4.47. The molecule has 0 unspecified atom stereocenters. The summed E-state index contributed by atoms with van der Waals surface area (Å²) in [6, 6.07) is 3.62. The number of pyridine rings is 2. The Hall–Kier alpha value is -1.77. The predicted octanol–water partition coefficient (Wildman–Crippen LogP) is 3.84. The molecule has 0 aliphatic heterocycles. The van der Waals surface area contributed by atoms with E-state index in [-0.39, 0.29) is 5.82 Å². The van der Waals surface area contributed by atoms with Gasteiger partial charge in [0.2, 0.25) is 0 Å². The fourth-order valence-corrected chi connectivity index (χ4v) is 1.39. The highest BCUT2D eigenvalue weighted by Crippen LogP contribution is 2.04. The lowest BCUT2D eigenvalue weighted by Gasteiger charge is -1.97. The number of aryl methyl sites for hydroxylation is 5. The molecule has 0 saturated carbocycles. The van der Waals surface area contributed by atoms with Gasteiger partial charge < -0.3 is 0 Å². The van der Waals surface area contributed by atoms with Gasteiger partial charge >= 0.3 is 0 Å². The highest BCUT2D eigenvalue weighted by Gasteiger charge is 1.93. The Labute approximate surface area is 108 Å². The van der Waals surface area contributed by atoms with Crippen LogP contribution in [-0.4, -0.2) is 9.97 Å². The molecule has 2 aromatic rings. The topological polar surface area (TPSA) is 25.8 Å². The fraction of sp³-hybridized carbons (Fsp3) is 0.333. The number of halogens is 1. The molecule has 18 heavy (non-hydrogen) atoms. The van der Waals surface area contributed by atoms with Crippen molar-refractivity contribution in [1.29, 1.82) is 0 Å². The van der Waals surface area contributed by atoms with E-state index in [9.17, 15) is 4.39 Å². The first-order chi connectivity index (χ1) is 8.40. The van der Waals surface area contributed by atoms with Crippen LogP contribution in [0.2, 0.25) is 0 Å². The third-order valence-electron chi connectivity index (χ3n) is 2.78. The second-order valence-corrected chi connectivity index (χ2v) is 4.47. The quantitative estimate of drug-likeness (QED) is 0.705. The van der Waals surface area contributed by atoms with Crippen molar-refractivity contribution in [3.63, 3.8) is 0 Å². The SMILES string of the molecule is Cc1cc(F)cnc1C.Cc1cnc(C)c(C)c1. The van der Waals surface area contributed by atoms with Crippen LogP contribution < -0.4 is 0 Å². The molecule has 3 heteroatoms. The molecule has 0 atom stereocenters. The van der Waals surface area contributed by atoms with Gasteiger partial charge in [-0.05, 0) is 57.4 Å². The molecule has 0 saturated heterocycles. The zero-order chi connectivity index (χ0) is 13.7. The fourth-order valence-electron chi connectivity index (χ4n) is 1.39. The normalized spacial score (nSPS) is 9.67. The lowest BCUT2D eigenvalue weighted by atomic mass is 10.2. The van der Waals surface area contributed by atoms with Gasteiger partial charge in [0.1, 0.15) is 5.82 Å². The molecule has 0 amide bonds. The summed E-state index contributed by atoms with van der Waals surface area (Å²) >= 11 is 0. The molecule has 2 aromatic heterocycles. The number of aromatic nitrogens is 2. The first-order valence-corrected chi connectivity index (χ1v) is 5.88. The third-order valence-corrected chi connectivity index (χ3v) is 2.78. The largest absolute Gasteiger partial charge is 0.261 e. The van der Waals surface area contributed by atoms with Gasteiger partial charge in [0.25, 0.3) is 0 Å². The Morgan fingerprint density at radius 1 is 0.778 bits per heavy atom. The van der Waals surface area contributed by atoms with Crippen molar-refractivity contribution in [3.8, 4) is 0 Å². The monoisotopic (exact) mass is 246 g/mol. The van der Waals surface area contributed by atoms with Crippen LogP contribution in [0, 0.1) is 40.4 Å². The molecular formula is C15H19FN2. The van der Waals surface area contributed by atoms with Crippen molar-refractivity contribution in [2.45, 2.75) is 34.6 Å². The van der Waals surface area contributed by atoms with Gasteiger partial charge in [0.15, 0.2) is 0 Å². The lowest BCUT2D eigenvalue weighted by molar-refractivity contribution is 0.618. The molecule has 2 nitrogen and oxygen atoms in total. The summed E-state index contributed by atoms with van der Waals surface area (Å²) in [5.41, 5.74) is 5.42. The molecule has 0 aliphatic carbocycles. The van der Waals surface area contributed by atoms with E-state index in [0.717, 1.165) is 17.0 Å². The van der Waals surface area contributed by atoms with Crippen LogP contribution in [0.1, 0.15) is 28.1 Å². The minimum absolute atomic E-state index is 0.266. The molecule has 0 bridgehead atoms. The highest BCUT2D eigenvalue weighted by molar-refractivity contribution is 5.21. The van der Waals surface area contributed by atoms with Crippen LogP contribution in [-0.2, 0) is 0 Å². The Morgan fingerprint density at radius 2 is 1.28 bits per heavy atom. The molecule has 0 aromatic carbocycles. The number of rotatable bonds is 0. The van der Waals surface area contributed by atoms with Gasteiger partial charge in [-0.3, -0.25) is 9.97 Å². The average Bonchev–Trinajstić information content (AvgIpc) is 2.30. The zero-order valence-electron chi connectivity index (χ0n) is 11.6. The molecule has 96 valence electrons. The first kappa shape index (κ1) is 14.3. The van der Waals surface area contributed by atoms with E-state index in [2.05, 4.69) is 29.9 Å². The molecule has 0 N–H and O–H groups in total. The molecule has 0 aliphatic rings. The second kappa shape index (κ2) is 6.24. The summed E-state index contributed by atoms with van der Waals surface area (Å²) in [4.78, 5) is 7.98. The van der Waals surface area contributed by atoms with Crippen LogP contribution >= 0.6 is 0 Å². The Morgan fingerprint density at radius 3 is 1.67 bits per heavy atom. The summed E-state index contributed by atoms with van der Waals surface area (Å²) in [6.07, 6.45) is 3.12. The number of hydrogen-bond donors (Lipinski definition) is 0. The molecule has 2 rings (SSSR count). The maximum atomic E-state index is 12.3. The summed E-state index contributed by atoms with van der Waals surface area (Å²) in [5, 5.41) is 0. The number of nitrogens with zero attached hydrogens (tertiary/aromatic N) is 2. The van der Waals surface area contributed by atoms with E-state index in [1.54, 1.807) is 0 Å². The molecular weight excluding hydrogens is 227 g/mol. The predicted molar refractivity (Wildman–Crippen MR) is 72.1 cm³/mol. The summed E-state index contributed by atoms with van der Waals surface area (Å²) < 4.78 is 12.3. The van der Waals surface area contributed by atoms with Crippen molar-refractivity contribution in [2.24, 2.45) is 0 Å². The Bertz CT molecular complexity index is 487. The van der Waals surface area contributed by atoms with Gasteiger partial charge in [-0.1, -0.05) is 6.07 Å². The Kier molecular flexibility index (Phi) is 4.95. The van der Waals surface area contributed by atoms with Crippen molar-refractivity contribution in [1.82, 2.24) is 9.97 Å². The van der Waals surface area contributed by atoms with Gasteiger partial charge in [0, 0.05) is 17.6 Å². The van der Waals surface area contributed by atoms with Crippen molar-refractivity contribution < 1.29 is 4.39 Å². The van der Waals surface area contributed by atoms with Gasteiger partial charge in [-0.15, -0.1) is 0 Å². The van der Waals surface area contributed by atoms with Gasteiger partial charge in [0.05, 0.1) is 6.20 Å². The first-order valence-electron chi connectivity index (χ1n) is 5.88. The highest BCUT2D eigenvalue weighted by atomic mass is 19.1. The van der Waals surface area contributed by atoms with Crippen LogP contribution in [0.4, 0.5) is 4.39 Å². The molecule has 0 fully saturated rings. The van der Waals surface area contributed by atoms with Crippen molar-refractivity contribution >= 4 is 0 Å². The van der Waals surface area contributed by atoms with E-state index >= 15 is 0 Å². The third kappa shape index (κ3) is 4.24. The molecule has 0 radical (unpaired) electrons. The minimum Gasteiger partial charge on any atom is -0.261 e. The summed E-state index contributed by atoms with van der Waals surface area (Å²) in [6.45, 7) is 9.85. The van der Waals surface area contributed by atoms with Crippen LogP contribution in [0.3, 0.4) is 0 Å². The zero-order valence-corrected chi connectivity index (χ0v) is 11.6. The summed E-state index contributed by atoms with van der Waals surface area (Å²) in [5.74, 6) is -0.266. The van der Waals surface area contributed by atoms with Gasteiger partial charge in [-0.25, -0.2) is 4.39 Å². The Balaban J connectivity index is 0.000000180. The van der Waals surface area contributed by atoms with Crippen LogP contribution in [0.25, 0.3) is 0 Å². The van der Waals surface area contributed by atoms with E-state index in [0.29, 0.717) is 0 Å². The number of hydrogen-bond acceptors (Lipinski definition) is 2. The minimum atomic E-state index is -0.266. The van der Waals surface area contributed by atoms with Gasteiger partial charge in [-0.2, -0.15) is 0 Å². The van der Waals surface area contributed by atoms with E-state index in [1.165, 1.54) is 23.4 Å². The smallest absolute Gasteiger partial charge is 0.141 e. The lowest BCUT2D eigenvalue weighted by Crippen LogP contribution is -1.86. The van der Waals surface area contributed by atoms with E-state index in [1.807, 2.05) is 27.0 Å². The van der Waals surface area contributed by atoms with Crippen molar-refractivity contribution in [2.75, 3.05) is 0 Å². The average molecular weight is 246 g/mol. The van der Waals surface area contributed by atoms with Crippen LogP contribution in [0.15, 0.2) is 24.5 Å². The molecule has 0 spiro atoms. The molecule has 2 heterocycles. The maximum Gasteiger partial charge on any atom is 0.141 e. The standard InChI is InChI=1S/C8H11N.C7H8FN/c1-6-4-7(2)8(3)9-5-6;1-5-3-7(8)4-9-6(5)2/h4-5H,1-3H3;3-4H,1-2H3. The van der Waals surface area contributed by atoms with Crippen molar-refractivity contribution in [3.05, 3.63) is 58.4 Å². The summed E-state index contributed by atoms with van der Waals surface area (Å²) in [7, 11) is 0. The maximum absolute atomic E-state index is 12.3. The van der Waals surface area contributed by atoms with E-state index < -0.39 is 0 Å².